The van der Waals surface area contributed by atoms with Crippen LogP contribution in [0.1, 0.15) is 5.56 Å². The molecule has 2 aromatic carbocycles. The molecule has 0 saturated carbocycles. The molecule has 3 heteroatoms. The third-order valence-electron chi connectivity index (χ3n) is 2.72. The van der Waals surface area contributed by atoms with E-state index in [4.69, 9.17) is 4.74 Å². The lowest BCUT2D eigenvalue weighted by molar-refractivity contribution is -0.103. The number of ether oxygens (including phenoxy) is 1. The second-order valence-electron chi connectivity index (χ2n) is 3.96. The summed E-state index contributed by atoms with van der Waals surface area (Å²) in [6.45, 7) is 0. The highest BCUT2D eigenvalue weighted by molar-refractivity contribution is 6.07. The fourth-order valence-electron chi connectivity index (χ4n) is 1.66. The quantitative estimate of drug-likeness (QED) is 0.656. The summed E-state index contributed by atoms with van der Waals surface area (Å²) < 4.78 is 5.09. The van der Waals surface area contributed by atoms with Gasteiger partial charge >= 0.3 is 0 Å². The first-order chi connectivity index (χ1) is 9.33. The van der Waals surface area contributed by atoms with Crippen molar-refractivity contribution < 1.29 is 9.53 Å². The molecule has 0 fully saturated rings. The van der Waals surface area contributed by atoms with Crippen molar-refractivity contribution in [3.05, 3.63) is 66.4 Å². The van der Waals surface area contributed by atoms with E-state index < -0.39 is 0 Å². The normalized spacial score (nSPS) is 10.9. The van der Waals surface area contributed by atoms with Gasteiger partial charge in [-0.05, 0) is 29.8 Å². The Labute approximate surface area is 112 Å². The van der Waals surface area contributed by atoms with Crippen molar-refractivity contribution in [3.8, 4) is 5.75 Å². The van der Waals surface area contributed by atoms with Crippen molar-refractivity contribution in [1.82, 2.24) is 0 Å². The third kappa shape index (κ3) is 3.45. The maximum absolute atomic E-state index is 11.1. The van der Waals surface area contributed by atoms with Crippen LogP contribution in [-0.4, -0.2) is 13.4 Å². The average molecular weight is 253 g/mol. The molecule has 96 valence electrons. The standard InChI is InChI=1S/C16H15NO2/c1-19-16-9-7-13(8-10-16)14(12-18)11-17-15-5-3-2-4-6-15/h2-12,17H,1H3/b14-11+. The molecule has 0 radical (unpaired) electrons. The van der Waals surface area contributed by atoms with E-state index in [1.165, 1.54) is 0 Å². The molecule has 0 aliphatic heterocycles. The van der Waals surface area contributed by atoms with Crippen LogP contribution in [0.2, 0.25) is 0 Å². The van der Waals surface area contributed by atoms with E-state index >= 15 is 0 Å². The molecule has 0 atom stereocenters. The summed E-state index contributed by atoms with van der Waals surface area (Å²) in [7, 11) is 1.61. The Morgan fingerprint density at radius 3 is 2.32 bits per heavy atom. The molecule has 2 rings (SSSR count). The molecule has 0 aliphatic rings. The molecular formula is C16H15NO2. The fourth-order valence-corrected chi connectivity index (χ4v) is 1.66. The average Bonchev–Trinajstić information content (AvgIpc) is 2.49. The van der Waals surface area contributed by atoms with Gasteiger partial charge in [0.05, 0.1) is 7.11 Å². The number of para-hydroxylation sites is 1. The zero-order chi connectivity index (χ0) is 13.5. The van der Waals surface area contributed by atoms with Gasteiger partial charge in [0.1, 0.15) is 5.75 Å². The van der Waals surface area contributed by atoms with Crippen LogP contribution in [0.25, 0.3) is 5.57 Å². The van der Waals surface area contributed by atoms with Gasteiger partial charge in [-0.15, -0.1) is 0 Å². The molecule has 0 saturated heterocycles. The Bertz CT molecular complexity index is 559. The summed E-state index contributed by atoms with van der Waals surface area (Å²) in [6, 6.07) is 17.1. The van der Waals surface area contributed by atoms with Crippen LogP contribution in [0, 0.1) is 0 Å². The minimum Gasteiger partial charge on any atom is -0.497 e. The van der Waals surface area contributed by atoms with Crippen LogP contribution in [0.4, 0.5) is 5.69 Å². The van der Waals surface area contributed by atoms with Gasteiger partial charge in [0, 0.05) is 17.5 Å². The van der Waals surface area contributed by atoms with E-state index in [2.05, 4.69) is 5.32 Å². The third-order valence-corrected chi connectivity index (χ3v) is 2.72. The molecule has 2 aromatic rings. The predicted molar refractivity (Wildman–Crippen MR) is 77.1 cm³/mol. The SMILES string of the molecule is COc1ccc(/C(C=O)=C/Nc2ccccc2)cc1. The molecule has 0 amide bonds. The number of hydrogen-bond donors (Lipinski definition) is 1. The fraction of sp³-hybridized carbons (Fsp3) is 0.0625. The number of benzene rings is 2. The van der Waals surface area contributed by atoms with Gasteiger partial charge in [0.15, 0.2) is 6.29 Å². The van der Waals surface area contributed by atoms with Crippen LogP contribution in [0.15, 0.2) is 60.8 Å². The van der Waals surface area contributed by atoms with Gasteiger partial charge in [0.25, 0.3) is 0 Å². The number of hydrogen-bond acceptors (Lipinski definition) is 3. The Morgan fingerprint density at radius 2 is 1.74 bits per heavy atom. The van der Waals surface area contributed by atoms with Gasteiger partial charge in [0.2, 0.25) is 0 Å². The van der Waals surface area contributed by atoms with Crippen LogP contribution >= 0.6 is 0 Å². The topological polar surface area (TPSA) is 38.3 Å². The minimum absolute atomic E-state index is 0.589. The molecule has 0 bridgehead atoms. The van der Waals surface area contributed by atoms with E-state index in [1.54, 1.807) is 13.3 Å². The highest BCUT2D eigenvalue weighted by Crippen LogP contribution is 2.17. The van der Waals surface area contributed by atoms with Gasteiger partial charge in [-0.1, -0.05) is 30.3 Å². The number of carbonyl (C=O) groups is 1. The largest absolute Gasteiger partial charge is 0.497 e. The molecule has 0 spiro atoms. The van der Waals surface area contributed by atoms with Crippen molar-refractivity contribution in [1.29, 1.82) is 0 Å². The Kier molecular flexibility index (Phi) is 4.34. The molecule has 0 unspecified atom stereocenters. The Hall–Kier alpha value is -2.55. The Morgan fingerprint density at radius 1 is 1.05 bits per heavy atom. The van der Waals surface area contributed by atoms with Crippen molar-refractivity contribution in [2.45, 2.75) is 0 Å². The first kappa shape index (κ1) is 12.9. The first-order valence-electron chi connectivity index (χ1n) is 5.95. The van der Waals surface area contributed by atoms with Gasteiger partial charge in [-0.3, -0.25) is 4.79 Å². The number of anilines is 1. The van der Waals surface area contributed by atoms with Crippen LogP contribution in [-0.2, 0) is 4.79 Å². The summed E-state index contributed by atoms with van der Waals surface area (Å²) in [5.41, 5.74) is 2.38. The van der Waals surface area contributed by atoms with Gasteiger partial charge in [-0.25, -0.2) is 0 Å². The van der Waals surface area contributed by atoms with Crippen molar-refractivity contribution >= 4 is 17.5 Å². The maximum Gasteiger partial charge on any atom is 0.152 e. The minimum atomic E-state index is 0.589. The first-order valence-corrected chi connectivity index (χ1v) is 5.95. The number of methoxy groups -OCH3 is 1. The molecule has 3 nitrogen and oxygen atoms in total. The molecule has 0 aromatic heterocycles. The second-order valence-corrected chi connectivity index (χ2v) is 3.96. The van der Waals surface area contributed by atoms with E-state index in [0.717, 1.165) is 23.3 Å². The lowest BCUT2D eigenvalue weighted by Gasteiger charge is -2.05. The lowest BCUT2D eigenvalue weighted by atomic mass is 10.1. The molecule has 0 aliphatic carbocycles. The number of rotatable bonds is 5. The van der Waals surface area contributed by atoms with Crippen LogP contribution in [0.3, 0.4) is 0 Å². The number of aldehydes is 1. The zero-order valence-corrected chi connectivity index (χ0v) is 10.7. The Balaban J connectivity index is 2.16. The highest BCUT2D eigenvalue weighted by Gasteiger charge is 2.00. The number of carbonyl (C=O) groups excluding carboxylic acids is 1. The molecule has 1 N–H and O–H groups in total. The molecular weight excluding hydrogens is 238 g/mol. The zero-order valence-electron chi connectivity index (χ0n) is 10.7. The van der Waals surface area contributed by atoms with Crippen LogP contribution < -0.4 is 10.1 Å². The molecule has 19 heavy (non-hydrogen) atoms. The smallest absolute Gasteiger partial charge is 0.152 e. The summed E-state index contributed by atoms with van der Waals surface area (Å²) in [4.78, 5) is 11.1. The van der Waals surface area contributed by atoms with E-state index in [1.807, 2.05) is 54.6 Å². The van der Waals surface area contributed by atoms with E-state index in [0.29, 0.717) is 5.57 Å². The number of allylic oxidation sites excluding steroid dienone is 1. The maximum atomic E-state index is 11.1. The summed E-state index contributed by atoms with van der Waals surface area (Å²) >= 11 is 0. The predicted octanol–water partition coefficient (Wildman–Crippen LogP) is 3.35. The van der Waals surface area contributed by atoms with Crippen molar-refractivity contribution in [3.63, 3.8) is 0 Å². The van der Waals surface area contributed by atoms with Crippen molar-refractivity contribution in [2.24, 2.45) is 0 Å². The molecule has 0 heterocycles. The number of nitrogens with one attached hydrogen (secondary N) is 1. The summed E-state index contributed by atoms with van der Waals surface area (Å²) in [5, 5.41) is 3.10. The summed E-state index contributed by atoms with van der Waals surface area (Å²) in [6.07, 6.45) is 2.53. The van der Waals surface area contributed by atoms with E-state index in [9.17, 15) is 4.79 Å². The monoisotopic (exact) mass is 253 g/mol. The van der Waals surface area contributed by atoms with E-state index in [-0.39, 0.29) is 0 Å². The van der Waals surface area contributed by atoms with Crippen LogP contribution in [0.5, 0.6) is 5.75 Å². The van der Waals surface area contributed by atoms with Crippen molar-refractivity contribution in [2.75, 3.05) is 12.4 Å². The summed E-state index contributed by atoms with van der Waals surface area (Å²) in [5.74, 6) is 0.769. The van der Waals surface area contributed by atoms with Gasteiger partial charge in [-0.2, -0.15) is 0 Å². The second kappa shape index (κ2) is 6.40. The van der Waals surface area contributed by atoms with Gasteiger partial charge < -0.3 is 10.1 Å². The highest BCUT2D eigenvalue weighted by atomic mass is 16.5. The lowest BCUT2D eigenvalue weighted by Crippen LogP contribution is -1.93.